The Morgan fingerprint density at radius 3 is 2.31 bits per heavy atom. The number of furan rings is 1. The monoisotopic (exact) mass is 403 g/mol. The predicted molar refractivity (Wildman–Crippen MR) is 105 cm³/mol. The van der Waals surface area contributed by atoms with E-state index in [1.54, 1.807) is 64.1 Å². The van der Waals surface area contributed by atoms with Gasteiger partial charge in [-0.3, -0.25) is 0 Å². The summed E-state index contributed by atoms with van der Waals surface area (Å²) in [4.78, 5) is 35.0. The number of amides is 1. The fraction of sp³-hybridized carbons (Fsp3) is 0.381. The van der Waals surface area contributed by atoms with Crippen LogP contribution in [0.25, 0.3) is 11.3 Å². The first-order chi connectivity index (χ1) is 13.6. The zero-order chi connectivity index (χ0) is 21.6. The third-order valence-electron chi connectivity index (χ3n) is 3.74. The lowest BCUT2D eigenvalue weighted by atomic mass is 10.1. The molecule has 8 nitrogen and oxygen atoms in total. The lowest BCUT2D eigenvalue weighted by Gasteiger charge is -2.21. The van der Waals surface area contributed by atoms with E-state index < -0.39 is 29.7 Å². The second-order valence-electron chi connectivity index (χ2n) is 7.30. The Bertz CT molecular complexity index is 862. The van der Waals surface area contributed by atoms with Gasteiger partial charge in [0, 0.05) is 12.0 Å². The zero-order valence-corrected chi connectivity index (χ0v) is 16.9. The first kappa shape index (κ1) is 22.0. The van der Waals surface area contributed by atoms with Crippen molar-refractivity contribution in [3.8, 4) is 11.3 Å². The number of ether oxygens (including phenoxy) is 2. The third-order valence-corrected chi connectivity index (χ3v) is 3.74. The Kier molecular flexibility index (Phi) is 7.03. The highest BCUT2D eigenvalue weighted by molar-refractivity contribution is 5.90. The van der Waals surface area contributed by atoms with Crippen molar-refractivity contribution in [2.45, 2.75) is 45.8 Å². The fourth-order valence-electron chi connectivity index (χ4n) is 2.48. The van der Waals surface area contributed by atoms with Crippen molar-refractivity contribution >= 4 is 18.0 Å². The average Bonchev–Trinajstić information content (AvgIpc) is 3.08. The lowest BCUT2D eigenvalue weighted by Crippen LogP contribution is -2.44. The van der Waals surface area contributed by atoms with Gasteiger partial charge in [0.2, 0.25) is 0 Å². The number of benzene rings is 1. The summed E-state index contributed by atoms with van der Waals surface area (Å²) in [6.07, 6.45) is -0.860. The second-order valence-corrected chi connectivity index (χ2v) is 7.30. The highest BCUT2D eigenvalue weighted by atomic mass is 16.6. The molecular weight excluding hydrogens is 378 g/mol. The first-order valence-electron chi connectivity index (χ1n) is 9.17. The number of nitrogens with one attached hydrogen (secondary N) is 1. The molecule has 2 N–H and O–H groups in total. The van der Waals surface area contributed by atoms with E-state index in [1.807, 2.05) is 0 Å². The Morgan fingerprint density at radius 1 is 1.10 bits per heavy atom. The highest BCUT2D eigenvalue weighted by Crippen LogP contribution is 2.23. The van der Waals surface area contributed by atoms with E-state index in [2.05, 4.69) is 5.32 Å². The largest absolute Gasteiger partial charge is 0.480 e. The standard InChI is InChI=1S/C21H25NO7/c1-5-27-19(25)14-8-6-13(7-9-14)17-11-10-15(28-17)12-16(18(23)24)22-20(26)29-21(2,3)4/h6-11,16H,5,12H2,1-4H3,(H,22,26)(H,23,24). The summed E-state index contributed by atoms with van der Waals surface area (Å²) in [7, 11) is 0. The molecule has 0 fully saturated rings. The second kappa shape index (κ2) is 9.27. The number of carbonyl (C=O) groups is 3. The van der Waals surface area contributed by atoms with Crippen LogP contribution >= 0.6 is 0 Å². The number of carboxylic acids is 1. The van der Waals surface area contributed by atoms with E-state index in [0.717, 1.165) is 5.56 Å². The molecule has 0 radical (unpaired) electrons. The molecule has 1 aromatic carbocycles. The summed E-state index contributed by atoms with van der Waals surface area (Å²) < 4.78 is 15.7. The minimum atomic E-state index is -1.20. The van der Waals surface area contributed by atoms with Gasteiger partial charge in [0.05, 0.1) is 12.2 Å². The number of rotatable bonds is 7. The van der Waals surface area contributed by atoms with Crippen molar-refractivity contribution in [3.05, 3.63) is 47.7 Å². The van der Waals surface area contributed by atoms with Crippen molar-refractivity contribution in [2.75, 3.05) is 6.61 Å². The van der Waals surface area contributed by atoms with Gasteiger partial charge in [0.1, 0.15) is 23.2 Å². The maximum Gasteiger partial charge on any atom is 0.408 e. The van der Waals surface area contributed by atoms with E-state index in [-0.39, 0.29) is 6.42 Å². The number of carboxylic acid groups (broad SMARTS) is 1. The SMILES string of the molecule is CCOC(=O)c1ccc(-c2ccc(CC(NC(=O)OC(C)(C)C)C(=O)O)o2)cc1. The number of aliphatic carboxylic acids is 1. The van der Waals surface area contributed by atoms with Crippen LogP contribution in [0.15, 0.2) is 40.8 Å². The number of carbonyl (C=O) groups excluding carboxylic acids is 2. The highest BCUT2D eigenvalue weighted by Gasteiger charge is 2.25. The molecule has 0 aliphatic rings. The molecule has 0 bridgehead atoms. The molecule has 156 valence electrons. The van der Waals surface area contributed by atoms with Gasteiger partial charge in [0.25, 0.3) is 0 Å². The Balaban J connectivity index is 2.06. The molecule has 2 aromatic rings. The molecule has 8 heteroatoms. The van der Waals surface area contributed by atoms with Gasteiger partial charge in [0.15, 0.2) is 0 Å². The van der Waals surface area contributed by atoms with Gasteiger partial charge in [-0.1, -0.05) is 12.1 Å². The number of hydrogen-bond acceptors (Lipinski definition) is 6. The molecule has 1 unspecified atom stereocenters. The maximum atomic E-state index is 11.9. The van der Waals surface area contributed by atoms with Crippen LogP contribution in [-0.2, 0) is 20.7 Å². The molecule has 0 aliphatic heterocycles. The molecule has 29 heavy (non-hydrogen) atoms. The van der Waals surface area contributed by atoms with Crippen LogP contribution in [0.5, 0.6) is 0 Å². The fourth-order valence-corrected chi connectivity index (χ4v) is 2.48. The van der Waals surface area contributed by atoms with Crippen LogP contribution in [0, 0.1) is 0 Å². The van der Waals surface area contributed by atoms with E-state index >= 15 is 0 Å². The molecule has 0 saturated carbocycles. The molecule has 1 atom stereocenters. The Hall–Kier alpha value is -3.29. The van der Waals surface area contributed by atoms with E-state index in [9.17, 15) is 19.5 Å². The maximum absolute atomic E-state index is 11.9. The molecule has 1 heterocycles. The minimum Gasteiger partial charge on any atom is -0.480 e. The van der Waals surface area contributed by atoms with Crippen LogP contribution in [0.4, 0.5) is 4.79 Å². The molecule has 0 spiro atoms. The van der Waals surface area contributed by atoms with E-state index in [4.69, 9.17) is 13.9 Å². The lowest BCUT2D eigenvalue weighted by molar-refractivity contribution is -0.139. The van der Waals surface area contributed by atoms with Crippen molar-refractivity contribution in [1.29, 1.82) is 0 Å². The Morgan fingerprint density at radius 2 is 1.76 bits per heavy atom. The summed E-state index contributed by atoms with van der Waals surface area (Å²) in [5.74, 6) is -0.709. The summed E-state index contributed by atoms with van der Waals surface area (Å²) in [6.45, 7) is 7.10. The molecule has 0 aliphatic carbocycles. The van der Waals surface area contributed by atoms with Crippen LogP contribution in [-0.4, -0.2) is 41.4 Å². The van der Waals surface area contributed by atoms with Gasteiger partial charge in [-0.2, -0.15) is 0 Å². The first-order valence-corrected chi connectivity index (χ1v) is 9.17. The topological polar surface area (TPSA) is 115 Å². The molecular formula is C21H25NO7. The summed E-state index contributed by atoms with van der Waals surface area (Å²) >= 11 is 0. The average molecular weight is 403 g/mol. The van der Waals surface area contributed by atoms with Gasteiger partial charge < -0.3 is 24.3 Å². The molecule has 0 saturated heterocycles. The van der Waals surface area contributed by atoms with Gasteiger partial charge in [-0.25, -0.2) is 14.4 Å². The van der Waals surface area contributed by atoms with Crippen LogP contribution < -0.4 is 5.32 Å². The van der Waals surface area contributed by atoms with Crippen molar-refractivity contribution in [3.63, 3.8) is 0 Å². The third kappa shape index (κ3) is 6.67. The smallest absolute Gasteiger partial charge is 0.408 e. The normalized spacial score (nSPS) is 12.1. The number of alkyl carbamates (subject to hydrolysis) is 1. The Labute approximate surface area is 168 Å². The van der Waals surface area contributed by atoms with Gasteiger partial charge >= 0.3 is 18.0 Å². The number of hydrogen-bond donors (Lipinski definition) is 2. The van der Waals surface area contributed by atoms with Crippen LogP contribution in [0.3, 0.4) is 0 Å². The molecule has 1 amide bonds. The van der Waals surface area contributed by atoms with Gasteiger partial charge in [-0.05, 0) is 52.0 Å². The van der Waals surface area contributed by atoms with E-state index in [1.165, 1.54) is 0 Å². The van der Waals surface area contributed by atoms with Crippen molar-refractivity contribution < 1.29 is 33.4 Å². The molecule has 2 rings (SSSR count). The number of esters is 1. The molecule has 1 aromatic heterocycles. The summed E-state index contributed by atoms with van der Waals surface area (Å²) in [6, 6.07) is 8.81. The summed E-state index contributed by atoms with van der Waals surface area (Å²) in [5.41, 5.74) is 0.409. The van der Waals surface area contributed by atoms with E-state index in [0.29, 0.717) is 23.7 Å². The quantitative estimate of drug-likeness (QED) is 0.678. The van der Waals surface area contributed by atoms with Crippen LogP contribution in [0.1, 0.15) is 43.8 Å². The van der Waals surface area contributed by atoms with Gasteiger partial charge in [-0.15, -0.1) is 0 Å². The van der Waals surface area contributed by atoms with Crippen LogP contribution in [0.2, 0.25) is 0 Å². The minimum absolute atomic E-state index is 0.0461. The van der Waals surface area contributed by atoms with Crippen molar-refractivity contribution in [1.82, 2.24) is 5.32 Å². The zero-order valence-electron chi connectivity index (χ0n) is 16.9. The predicted octanol–water partition coefficient (Wildman–Crippen LogP) is 3.64. The summed E-state index contributed by atoms with van der Waals surface area (Å²) in [5, 5.41) is 11.7. The van der Waals surface area contributed by atoms with Crippen molar-refractivity contribution in [2.24, 2.45) is 0 Å².